The van der Waals surface area contributed by atoms with Crippen LogP contribution in [0.25, 0.3) is 0 Å². The molecule has 0 fully saturated rings. The summed E-state index contributed by atoms with van der Waals surface area (Å²) in [5, 5.41) is 2.97. The molecule has 5 heteroatoms. The fourth-order valence-corrected chi connectivity index (χ4v) is 3.89. The number of nitrogens with zero attached hydrogens (tertiary/aromatic N) is 2. The molecule has 1 N–H and O–H groups in total. The Morgan fingerprint density at radius 2 is 1.75 bits per heavy atom. The van der Waals surface area contributed by atoms with Crippen LogP contribution in [0.1, 0.15) is 35.6 Å². The molecule has 3 aromatic carbocycles. The molecule has 162 valence electrons. The monoisotopic (exact) mass is 425 g/mol. The van der Waals surface area contributed by atoms with E-state index in [1.54, 1.807) is 0 Å². The highest BCUT2D eigenvalue weighted by Crippen LogP contribution is 2.33. The summed E-state index contributed by atoms with van der Waals surface area (Å²) in [7, 11) is 0. The third-order valence-corrected chi connectivity index (χ3v) is 5.86. The van der Waals surface area contributed by atoms with Crippen LogP contribution in [-0.2, 0) is 16.0 Å². The summed E-state index contributed by atoms with van der Waals surface area (Å²) in [5.74, 6) is -0.380. The summed E-state index contributed by atoms with van der Waals surface area (Å²) < 4.78 is 0. The average molecular weight is 426 g/mol. The summed E-state index contributed by atoms with van der Waals surface area (Å²) in [6.45, 7) is 6.09. The molecular formula is C27H27N3O2. The van der Waals surface area contributed by atoms with Crippen molar-refractivity contribution in [3.8, 4) is 0 Å². The van der Waals surface area contributed by atoms with Crippen molar-refractivity contribution in [2.75, 3.05) is 16.8 Å². The largest absolute Gasteiger partial charge is 0.324 e. The van der Waals surface area contributed by atoms with Crippen molar-refractivity contribution in [3.05, 3.63) is 89.0 Å². The van der Waals surface area contributed by atoms with Gasteiger partial charge < -0.3 is 10.2 Å². The van der Waals surface area contributed by atoms with Gasteiger partial charge in [0.2, 0.25) is 11.8 Å². The third-order valence-electron chi connectivity index (χ3n) is 5.86. The second-order valence-electron chi connectivity index (χ2n) is 8.06. The Kier molecular flexibility index (Phi) is 6.17. The minimum absolute atomic E-state index is 0.0659. The van der Waals surface area contributed by atoms with Crippen molar-refractivity contribution < 1.29 is 9.59 Å². The Hall–Kier alpha value is -3.73. The fraction of sp³-hybridized carbons (Fsp3) is 0.222. The Morgan fingerprint density at radius 3 is 2.53 bits per heavy atom. The lowest BCUT2D eigenvalue weighted by atomic mass is 10.0. The lowest BCUT2D eigenvalue weighted by Gasteiger charge is -2.22. The van der Waals surface area contributed by atoms with E-state index >= 15 is 0 Å². The van der Waals surface area contributed by atoms with E-state index in [9.17, 15) is 9.59 Å². The van der Waals surface area contributed by atoms with E-state index in [4.69, 9.17) is 4.99 Å². The van der Waals surface area contributed by atoms with Gasteiger partial charge in [0.15, 0.2) is 0 Å². The van der Waals surface area contributed by atoms with E-state index in [2.05, 4.69) is 25.2 Å². The van der Waals surface area contributed by atoms with E-state index in [1.807, 2.05) is 67.6 Å². The molecule has 0 aliphatic carbocycles. The molecular weight excluding hydrogens is 398 g/mol. The lowest BCUT2D eigenvalue weighted by molar-refractivity contribution is -0.120. The summed E-state index contributed by atoms with van der Waals surface area (Å²) in [6, 6.07) is 21.3. The highest BCUT2D eigenvalue weighted by atomic mass is 16.2. The molecule has 0 unspecified atom stereocenters. The highest BCUT2D eigenvalue weighted by Gasteiger charge is 2.26. The first-order valence-electron chi connectivity index (χ1n) is 10.9. The molecule has 0 aromatic heterocycles. The topological polar surface area (TPSA) is 61.8 Å². The molecule has 1 aliphatic heterocycles. The van der Waals surface area contributed by atoms with Crippen LogP contribution in [0.15, 0.2) is 71.7 Å². The molecule has 0 radical (unpaired) electrons. The van der Waals surface area contributed by atoms with Crippen molar-refractivity contribution in [3.63, 3.8) is 0 Å². The molecule has 1 heterocycles. The average Bonchev–Trinajstić information content (AvgIpc) is 2.92. The first kappa shape index (κ1) is 21.5. The lowest BCUT2D eigenvalue weighted by Crippen LogP contribution is -2.38. The van der Waals surface area contributed by atoms with Gasteiger partial charge in [0.05, 0.1) is 23.5 Å². The smallest absolute Gasteiger partial charge is 0.244 e. The number of para-hydroxylation sites is 3. The maximum Gasteiger partial charge on any atom is 0.244 e. The Balaban J connectivity index is 1.62. The number of aryl methyl sites for hydroxylation is 3. The zero-order chi connectivity index (χ0) is 22.7. The van der Waals surface area contributed by atoms with E-state index in [1.165, 1.54) is 10.5 Å². The number of carbonyl (C=O) groups is 2. The van der Waals surface area contributed by atoms with Crippen LogP contribution in [0.5, 0.6) is 0 Å². The van der Waals surface area contributed by atoms with Gasteiger partial charge in [-0.3, -0.25) is 14.6 Å². The Labute approximate surface area is 188 Å². The highest BCUT2D eigenvalue weighted by molar-refractivity contribution is 6.19. The fourth-order valence-electron chi connectivity index (χ4n) is 3.89. The molecule has 32 heavy (non-hydrogen) atoms. The number of amides is 2. The number of hydrogen-bond donors (Lipinski definition) is 1. The number of nitrogens with one attached hydrogen (secondary N) is 1. The normalized spacial score (nSPS) is 13.3. The van der Waals surface area contributed by atoms with Gasteiger partial charge in [0, 0.05) is 5.69 Å². The molecule has 4 rings (SSSR count). The van der Waals surface area contributed by atoms with E-state index in [0.717, 1.165) is 28.8 Å². The molecule has 0 spiro atoms. The van der Waals surface area contributed by atoms with Gasteiger partial charge in [-0.25, -0.2) is 0 Å². The molecule has 3 aromatic rings. The van der Waals surface area contributed by atoms with Gasteiger partial charge in [-0.1, -0.05) is 49.4 Å². The van der Waals surface area contributed by atoms with Gasteiger partial charge in [-0.05, 0) is 66.8 Å². The number of anilines is 2. The van der Waals surface area contributed by atoms with Gasteiger partial charge in [-0.2, -0.15) is 0 Å². The maximum atomic E-state index is 13.3. The Morgan fingerprint density at radius 1 is 1.00 bits per heavy atom. The minimum atomic E-state index is -0.233. The summed E-state index contributed by atoms with van der Waals surface area (Å²) in [4.78, 5) is 32.6. The van der Waals surface area contributed by atoms with E-state index in [-0.39, 0.29) is 24.8 Å². The number of carbonyl (C=O) groups excluding carboxylic acids is 2. The molecule has 0 saturated heterocycles. The molecule has 0 saturated carbocycles. The van der Waals surface area contributed by atoms with Crippen LogP contribution >= 0.6 is 0 Å². The van der Waals surface area contributed by atoms with Gasteiger partial charge in [0.1, 0.15) is 6.54 Å². The maximum absolute atomic E-state index is 13.3. The van der Waals surface area contributed by atoms with Gasteiger partial charge in [0.25, 0.3) is 0 Å². The van der Waals surface area contributed by atoms with Crippen LogP contribution in [0.3, 0.4) is 0 Å². The molecule has 0 atom stereocenters. The molecule has 5 nitrogen and oxygen atoms in total. The number of rotatable bonds is 5. The van der Waals surface area contributed by atoms with E-state index in [0.29, 0.717) is 17.1 Å². The second kappa shape index (κ2) is 9.18. The molecule has 1 aliphatic rings. The molecule has 2 amide bonds. The SMILES string of the molecule is CCc1ccccc1NC(=O)CN1C(=O)CC(c2ccc(C)c(C)c2)=Nc2ccccc21. The van der Waals surface area contributed by atoms with Gasteiger partial charge >= 0.3 is 0 Å². The predicted octanol–water partition coefficient (Wildman–Crippen LogP) is 5.36. The predicted molar refractivity (Wildman–Crippen MR) is 130 cm³/mol. The summed E-state index contributed by atoms with van der Waals surface area (Å²) in [5.41, 5.74) is 7.17. The van der Waals surface area contributed by atoms with Crippen LogP contribution in [0.2, 0.25) is 0 Å². The van der Waals surface area contributed by atoms with E-state index < -0.39 is 0 Å². The summed E-state index contributed by atoms with van der Waals surface area (Å²) >= 11 is 0. The first-order chi connectivity index (χ1) is 15.5. The zero-order valence-electron chi connectivity index (χ0n) is 18.7. The number of benzene rings is 3. The third kappa shape index (κ3) is 4.47. The number of fused-ring (bicyclic) bond motifs is 1. The standard InChI is InChI=1S/C27H27N3O2/c1-4-20-9-5-6-10-22(20)29-26(31)17-30-25-12-8-7-11-23(25)28-24(16-27(30)32)21-14-13-18(2)19(3)15-21/h5-15H,4,16-17H2,1-3H3,(H,29,31). The van der Waals surface area contributed by atoms with Crippen molar-refractivity contribution >= 4 is 34.6 Å². The van der Waals surface area contributed by atoms with Crippen LogP contribution < -0.4 is 10.2 Å². The van der Waals surface area contributed by atoms with Crippen molar-refractivity contribution in [2.24, 2.45) is 4.99 Å². The second-order valence-corrected chi connectivity index (χ2v) is 8.06. The minimum Gasteiger partial charge on any atom is -0.324 e. The van der Waals surface area contributed by atoms with Crippen molar-refractivity contribution in [1.29, 1.82) is 0 Å². The van der Waals surface area contributed by atoms with Crippen LogP contribution in [-0.4, -0.2) is 24.1 Å². The van der Waals surface area contributed by atoms with Crippen molar-refractivity contribution in [2.45, 2.75) is 33.6 Å². The summed E-state index contributed by atoms with van der Waals surface area (Å²) in [6.07, 6.45) is 0.950. The number of hydrogen-bond acceptors (Lipinski definition) is 3. The first-order valence-corrected chi connectivity index (χ1v) is 10.9. The Bertz CT molecular complexity index is 1210. The molecule has 0 bridgehead atoms. The number of aliphatic imine (C=N–C) groups is 1. The van der Waals surface area contributed by atoms with Crippen molar-refractivity contribution in [1.82, 2.24) is 0 Å². The zero-order valence-corrected chi connectivity index (χ0v) is 18.7. The van der Waals surface area contributed by atoms with Crippen LogP contribution in [0, 0.1) is 13.8 Å². The van der Waals surface area contributed by atoms with Crippen LogP contribution in [0.4, 0.5) is 17.1 Å². The van der Waals surface area contributed by atoms with Gasteiger partial charge in [-0.15, -0.1) is 0 Å². The quantitative estimate of drug-likeness (QED) is 0.598.